The van der Waals surface area contributed by atoms with E-state index in [1.165, 1.54) is 6.42 Å². The van der Waals surface area contributed by atoms with Gasteiger partial charge in [-0.2, -0.15) is 0 Å². The summed E-state index contributed by atoms with van der Waals surface area (Å²) in [6.07, 6.45) is 3.84. The van der Waals surface area contributed by atoms with Gasteiger partial charge in [0.2, 0.25) is 0 Å². The molecule has 0 amide bonds. The standard InChI is InChI=1S/C12H20N6/c1-4-13-11-10-12(15-8-14-11)18(17-16-10)7-5-6-9(2)3/h8-9H,4-7H2,1-3H3,(H,13,14,15). The molecule has 0 aliphatic heterocycles. The van der Waals surface area contributed by atoms with Crippen LogP contribution in [-0.4, -0.2) is 31.5 Å². The van der Waals surface area contributed by atoms with E-state index in [1.807, 2.05) is 11.6 Å². The third kappa shape index (κ3) is 2.75. The molecule has 0 aliphatic carbocycles. The topological polar surface area (TPSA) is 68.5 Å². The molecule has 0 unspecified atom stereocenters. The van der Waals surface area contributed by atoms with E-state index < -0.39 is 0 Å². The smallest absolute Gasteiger partial charge is 0.183 e. The van der Waals surface area contributed by atoms with Crippen LogP contribution in [0, 0.1) is 5.92 Å². The van der Waals surface area contributed by atoms with Gasteiger partial charge in [0.15, 0.2) is 17.0 Å². The molecular formula is C12H20N6. The predicted molar refractivity (Wildman–Crippen MR) is 71.4 cm³/mol. The second-order valence-electron chi connectivity index (χ2n) is 4.77. The van der Waals surface area contributed by atoms with E-state index in [1.54, 1.807) is 6.33 Å². The van der Waals surface area contributed by atoms with Gasteiger partial charge in [-0.15, -0.1) is 5.10 Å². The first-order valence-corrected chi connectivity index (χ1v) is 6.50. The fraction of sp³-hybridized carbons (Fsp3) is 0.667. The van der Waals surface area contributed by atoms with Crippen LogP contribution in [0.1, 0.15) is 33.6 Å². The van der Waals surface area contributed by atoms with Crippen molar-refractivity contribution in [3.8, 4) is 0 Å². The van der Waals surface area contributed by atoms with Crippen molar-refractivity contribution >= 4 is 17.0 Å². The minimum atomic E-state index is 0.715. The maximum absolute atomic E-state index is 4.27. The summed E-state index contributed by atoms with van der Waals surface area (Å²) in [6, 6.07) is 0. The fourth-order valence-corrected chi connectivity index (χ4v) is 1.89. The molecule has 0 fully saturated rings. The molecule has 2 aromatic heterocycles. The van der Waals surface area contributed by atoms with Gasteiger partial charge >= 0.3 is 0 Å². The number of nitrogens with zero attached hydrogens (tertiary/aromatic N) is 5. The second-order valence-corrected chi connectivity index (χ2v) is 4.77. The van der Waals surface area contributed by atoms with E-state index in [2.05, 4.69) is 39.4 Å². The van der Waals surface area contributed by atoms with Gasteiger partial charge in [0, 0.05) is 13.1 Å². The van der Waals surface area contributed by atoms with Crippen molar-refractivity contribution < 1.29 is 0 Å². The van der Waals surface area contributed by atoms with Gasteiger partial charge < -0.3 is 5.32 Å². The Morgan fingerprint density at radius 2 is 2.17 bits per heavy atom. The molecule has 2 heterocycles. The van der Waals surface area contributed by atoms with Crippen LogP contribution in [0.4, 0.5) is 5.82 Å². The lowest BCUT2D eigenvalue weighted by Crippen LogP contribution is -2.04. The molecule has 0 spiro atoms. The number of hydrogen-bond donors (Lipinski definition) is 1. The van der Waals surface area contributed by atoms with E-state index in [0.717, 1.165) is 36.5 Å². The molecule has 0 aromatic carbocycles. The molecule has 98 valence electrons. The Kier molecular flexibility index (Phi) is 4.07. The van der Waals surface area contributed by atoms with Crippen LogP contribution in [-0.2, 0) is 6.54 Å². The Balaban J connectivity index is 2.17. The third-order valence-electron chi connectivity index (χ3n) is 2.80. The van der Waals surface area contributed by atoms with Crippen LogP contribution in [0.2, 0.25) is 0 Å². The summed E-state index contributed by atoms with van der Waals surface area (Å²) in [5.74, 6) is 1.48. The van der Waals surface area contributed by atoms with Gasteiger partial charge in [-0.3, -0.25) is 0 Å². The van der Waals surface area contributed by atoms with Gasteiger partial charge in [-0.05, 0) is 25.7 Å². The van der Waals surface area contributed by atoms with Crippen LogP contribution >= 0.6 is 0 Å². The third-order valence-corrected chi connectivity index (χ3v) is 2.80. The first-order chi connectivity index (χ1) is 8.72. The summed E-state index contributed by atoms with van der Waals surface area (Å²) in [5.41, 5.74) is 1.56. The lowest BCUT2D eigenvalue weighted by molar-refractivity contribution is 0.488. The van der Waals surface area contributed by atoms with Crippen molar-refractivity contribution in [2.45, 2.75) is 40.2 Å². The number of hydrogen-bond acceptors (Lipinski definition) is 5. The zero-order valence-corrected chi connectivity index (χ0v) is 11.2. The quantitative estimate of drug-likeness (QED) is 0.847. The average molecular weight is 248 g/mol. The maximum Gasteiger partial charge on any atom is 0.183 e. The van der Waals surface area contributed by atoms with E-state index in [0.29, 0.717) is 5.92 Å². The summed E-state index contributed by atoms with van der Waals surface area (Å²) in [7, 11) is 0. The Morgan fingerprint density at radius 1 is 1.33 bits per heavy atom. The minimum Gasteiger partial charge on any atom is -0.368 e. The number of nitrogens with one attached hydrogen (secondary N) is 1. The van der Waals surface area contributed by atoms with Crippen molar-refractivity contribution in [2.75, 3.05) is 11.9 Å². The first kappa shape index (κ1) is 12.7. The van der Waals surface area contributed by atoms with E-state index in [4.69, 9.17) is 0 Å². The van der Waals surface area contributed by atoms with Gasteiger partial charge in [0.05, 0.1) is 0 Å². The van der Waals surface area contributed by atoms with Crippen LogP contribution in [0.25, 0.3) is 11.2 Å². The minimum absolute atomic E-state index is 0.715. The van der Waals surface area contributed by atoms with Crippen LogP contribution in [0.3, 0.4) is 0 Å². The van der Waals surface area contributed by atoms with Crippen LogP contribution in [0.15, 0.2) is 6.33 Å². The summed E-state index contributed by atoms with van der Waals surface area (Å²) in [4.78, 5) is 8.45. The highest BCUT2D eigenvalue weighted by Crippen LogP contribution is 2.16. The summed E-state index contributed by atoms with van der Waals surface area (Å²) < 4.78 is 1.86. The Hall–Kier alpha value is -1.72. The Bertz CT molecular complexity index is 504. The normalized spacial score (nSPS) is 11.3. The molecule has 0 radical (unpaired) electrons. The van der Waals surface area contributed by atoms with Gasteiger partial charge in [-0.25, -0.2) is 14.6 Å². The first-order valence-electron chi connectivity index (χ1n) is 6.50. The monoisotopic (exact) mass is 248 g/mol. The predicted octanol–water partition coefficient (Wildman–Crippen LogP) is 2.09. The SMILES string of the molecule is CCNc1ncnc2c1nnn2CCCC(C)C. The number of anilines is 1. The van der Waals surface area contributed by atoms with Gasteiger partial charge in [-0.1, -0.05) is 19.1 Å². The van der Waals surface area contributed by atoms with Crippen molar-refractivity contribution in [2.24, 2.45) is 5.92 Å². The molecule has 2 rings (SSSR count). The maximum atomic E-state index is 4.27. The highest BCUT2D eigenvalue weighted by atomic mass is 15.4. The zero-order valence-electron chi connectivity index (χ0n) is 11.2. The summed E-state index contributed by atoms with van der Waals surface area (Å²) in [5, 5.41) is 11.5. The van der Waals surface area contributed by atoms with Gasteiger partial charge in [0.1, 0.15) is 6.33 Å². The summed E-state index contributed by atoms with van der Waals surface area (Å²) >= 11 is 0. The molecule has 6 heteroatoms. The molecule has 2 aromatic rings. The Labute approximate surface area is 107 Å². The number of fused-ring (bicyclic) bond motifs is 1. The fourth-order valence-electron chi connectivity index (χ4n) is 1.89. The number of aromatic nitrogens is 5. The molecule has 18 heavy (non-hydrogen) atoms. The van der Waals surface area contributed by atoms with E-state index in [9.17, 15) is 0 Å². The molecule has 0 aliphatic rings. The molecule has 0 saturated heterocycles. The summed E-state index contributed by atoms with van der Waals surface area (Å²) in [6.45, 7) is 8.15. The highest BCUT2D eigenvalue weighted by Gasteiger charge is 2.10. The molecule has 0 saturated carbocycles. The average Bonchev–Trinajstić information content (AvgIpc) is 2.74. The van der Waals surface area contributed by atoms with E-state index >= 15 is 0 Å². The number of aryl methyl sites for hydroxylation is 1. The lowest BCUT2D eigenvalue weighted by atomic mass is 10.1. The van der Waals surface area contributed by atoms with Crippen molar-refractivity contribution in [1.82, 2.24) is 25.0 Å². The molecule has 1 N–H and O–H groups in total. The zero-order chi connectivity index (χ0) is 13.0. The largest absolute Gasteiger partial charge is 0.368 e. The van der Waals surface area contributed by atoms with Crippen LogP contribution < -0.4 is 5.32 Å². The molecular weight excluding hydrogens is 228 g/mol. The Morgan fingerprint density at radius 3 is 2.89 bits per heavy atom. The molecule has 0 bridgehead atoms. The van der Waals surface area contributed by atoms with Crippen LogP contribution in [0.5, 0.6) is 0 Å². The highest BCUT2D eigenvalue weighted by molar-refractivity contribution is 5.81. The van der Waals surface area contributed by atoms with Crippen molar-refractivity contribution in [3.63, 3.8) is 0 Å². The van der Waals surface area contributed by atoms with Crippen molar-refractivity contribution in [3.05, 3.63) is 6.33 Å². The number of rotatable bonds is 6. The van der Waals surface area contributed by atoms with Crippen molar-refractivity contribution in [1.29, 1.82) is 0 Å². The molecule has 6 nitrogen and oxygen atoms in total. The van der Waals surface area contributed by atoms with Gasteiger partial charge in [0.25, 0.3) is 0 Å². The second kappa shape index (κ2) is 5.75. The van der Waals surface area contributed by atoms with E-state index in [-0.39, 0.29) is 0 Å². The lowest BCUT2D eigenvalue weighted by Gasteiger charge is -2.05. The molecule has 0 atom stereocenters.